The van der Waals surface area contributed by atoms with Gasteiger partial charge >= 0.3 is 0 Å². The van der Waals surface area contributed by atoms with E-state index in [9.17, 15) is 4.79 Å². The monoisotopic (exact) mass is 364 g/mol. The van der Waals surface area contributed by atoms with Crippen LogP contribution in [0.3, 0.4) is 0 Å². The predicted molar refractivity (Wildman–Crippen MR) is 104 cm³/mol. The number of anilines is 2. The van der Waals surface area contributed by atoms with Gasteiger partial charge in [0.1, 0.15) is 11.5 Å². The van der Waals surface area contributed by atoms with Crippen LogP contribution in [0.25, 0.3) is 0 Å². The lowest BCUT2D eigenvalue weighted by Gasteiger charge is -2.13. The van der Waals surface area contributed by atoms with Crippen molar-refractivity contribution < 1.29 is 14.3 Å². The third-order valence-electron chi connectivity index (χ3n) is 3.86. The number of nitrogens with one attached hydrogen (secondary N) is 1. The Balaban J connectivity index is 0.00000312. The highest BCUT2D eigenvalue weighted by molar-refractivity contribution is 5.91. The molecule has 0 bridgehead atoms. The van der Waals surface area contributed by atoms with Crippen molar-refractivity contribution >= 4 is 29.7 Å². The molecule has 0 fully saturated rings. The predicted octanol–water partition coefficient (Wildman–Crippen LogP) is 4.03. The number of carbonyl (C=O) groups is 1. The van der Waals surface area contributed by atoms with Gasteiger partial charge in [0.25, 0.3) is 0 Å². The van der Waals surface area contributed by atoms with Crippen LogP contribution in [-0.2, 0) is 4.79 Å². The van der Waals surface area contributed by atoms with Crippen molar-refractivity contribution in [1.82, 2.24) is 0 Å². The van der Waals surface area contributed by atoms with E-state index in [1.165, 1.54) is 5.56 Å². The minimum absolute atomic E-state index is 0. The van der Waals surface area contributed by atoms with Gasteiger partial charge < -0.3 is 20.5 Å². The maximum Gasteiger partial charge on any atom is 0.227 e. The van der Waals surface area contributed by atoms with Gasteiger partial charge in [-0.1, -0.05) is 6.07 Å². The van der Waals surface area contributed by atoms with E-state index in [0.29, 0.717) is 23.7 Å². The SMILES string of the molecule is COc1ccc(NC(=O)CCOc2cc(C)cc(C)c2C)cc1N.Cl. The average molecular weight is 365 g/mol. The summed E-state index contributed by atoms with van der Waals surface area (Å²) in [5.74, 6) is 1.29. The molecule has 2 aromatic carbocycles. The summed E-state index contributed by atoms with van der Waals surface area (Å²) < 4.78 is 10.9. The molecule has 0 saturated heterocycles. The molecule has 0 unspecified atom stereocenters. The molecule has 1 amide bonds. The second-order valence-corrected chi connectivity index (χ2v) is 5.81. The highest BCUT2D eigenvalue weighted by atomic mass is 35.5. The molecular weight excluding hydrogens is 340 g/mol. The van der Waals surface area contributed by atoms with Crippen LogP contribution in [0, 0.1) is 20.8 Å². The maximum absolute atomic E-state index is 12.0. The van der Waals surface area contributed by atoms with Crippen LogP contribution < -0.4 is 20.5 Å². The lowest BCUT2D eigenvalue weighted by atomic mass is 10.1. The highest BCUT2D eigenvalue weighted by Gasteiger charge is 2.08. The first-order valence-corrected chi connectivity index (χ1v) is 7.84. The molecule has 0 aromatic heterocycles. The number of nitrogen functional groups attached to an aromatic ring is 1. The number of rotatable bonds is 6. The van der Waals surface area contributed by atoms with Crippen LogP contribution >= 0.6 is 12.4 Å². The van der Waals surface area contributed by atoms with Crippen molar-refractivity contribution in [3.05, 3.63) is 47.0 Å². The number of amides is 1. The third-order valence-corrected chi connectivity index (χ3v) is 3.86. The molecule has 0 heterocycles. The lowest BCUT2D eigenvalue weighted by molar-refractivity contribution is -0.116. The number of aryl methyl sites for hydroxylation is 2. The summed E-state index contributed by atoms with van der Waals surface area (Å²) in [7, 11) is 1.55. The molecular formula is C19H25ClN2O3. The first-order valence-electron chi connectivity index (χ1n) is 7.84. The Morgan fingerprint density at radius 3 is 2.48 bits per heavy atom. The van der Waals surface area contributed by atoms with Gasteiger partial charge in [-0.05, 0) is 61.7 Å². The summed E-state index contributed by atoms with van der Waals surface area (Å²) in [6.45, 7) is 6.42. The first-order chi connectivity index (χ1) is 11.4. The maximum atomic E-state index is 12.0. The van der Waals surface area contributed by atoms with Gasteiger partial charge in [-0.15, -0.1) is 12.4 Å². The minimum Gasteiger partial charge on any atom is -0.495 e. The first kappa shape index (κ1) is 20.6. The molecule has 3 N–H and O–H groups in total. The fourth-order valence-corrected chi connectivity index (χ4v) is 2.44. The fraction of sp³-hybridized carbons (Fsp3) is 0.316. The van der Waals surface area contributed by atoms with Gasteiger partial charge in [-0.3, -0.25) is 4.79 Å². The zero-order valence-electron chi connectivity index (χ0n) is 15.0. The molecule has 0 aliphatic carbocycles. The van der Waals surface area contributed by atoms with Gasteiger partial charge in [0.15, 0.2) is 0 Å². The van der Waals surface area contributed by atoms with E-state index in [-0.39, 0.29) is 24.7 Å². The molecule has 0 spiro atoms. The summed E-state index contributed by atoms with van der Waals surface area (Å²) in [4.78, 5) is 12.0. The third kappa shape index (κ3) is 5.57. The van der Waals surface area contributed by atoms with Crippen molar-refractivity contribution in [2.45, 2.75) is 27.2 Å². The minimum atomic E-state index is -0.124. The van der Waals surface area contributed by atoms with E-state index in [1.54, 1.807) is 25.3 Å². The second-order valence-electron chi connectivity index (χ2n) is 5.81. The Kier molecular flexibility index (Phi) is 7.58. The molecule has 2 aromatic rings. The van der Waals surface area contributed by atoms with Gasteiger partial charge in [-0.25, -0.2) is 0 Å². The second kappa shape index (κ2) is 9.18. The lowest BCUT2D eigenvalue weighted by Crippen LogP contribution is -2.15. The van der Waals surface area contributed by atoms with Crippen LogP contribution in [0.2, 0.25) is 0 Å². The molecule has 136 valence electrons. The Labute approximate surface area is 154 Å². The van der Waals surface area contributed by atoms with Crippen molar-refractivity contribution in [2.24, 2.45) is 0 Å². The standard InChI is InChI=1S/C19H24N2O3.ClH/c1-12-9-13(2)14(3)18(10-12)24-8-7-19(22)21-15-5-6-17(23-4)16(20)11-15;/h5-6,9-11H,7-8,20H2,1-4H3,(H,21,22);1H. The summed E-state index contributed by atoms with van der Waals surface area (Å²) in [5, 5.41) is 2.80. The van der Waals surface area contributed by atoms with Gasteiger partial charge in [0.2, 0.25) is 5.91 Å². The van der Waals surface area contributed by atoms with Crippen LogP contribution in [0.1, 0.15) is 23.1 Å². The number of carbonyl (C=O) groups excluding carboxylic acids is 1. The molecule has 0 radical (unpaired) electrons. The van der Waals surface area contributed by atoms with Crippen LogP contribution in [0.4, 0.5) is 11.4 Å². The van der Waals surface area contributed by atoms with E-state index in [0.717, 1.165) is 16.9 Å². The normalized spacial score (nSPS) is 9.92. The molecule has 5 nitrogen and oxygen atoms in total. The zero-order chi connectivity index (χ0) is 17.7. The molecule has 2 rings (SSSR count). The van der Waals surface area contributed by atoms with E-state index in [4.69, 9.17) is 15.2 Å². The Morgan fingerprint density at radius 1 is 1.12 bits per heavy atom. The zero-order valence-corrected chi connectivity index (χ0v) is 15.8. The molecule has 0 aliphatic rings. The van der Waals surface area contributed by atoms with E-state index in [2.05, 4.69) is 18.3 Å². The topological polar surface area (TPSA) is 73.6 Å². The molecule has 0 aliphatic heterocycles. The number of hydrogen-bond acceptors (Lipinski definition) is 4. The van der Waals surface area contributed by atoms with Crippen LogP contribution in [-0.4, -0.2) is 19.6 Å². The van der Waals surface area contributed by atoms with E-state index < -0.39 is 0 Å². The molecule has 25 heavy (non-hydrogen) atoms. The van der Waals surface area contributed by atoms with Crippen molar-refractivity contribution in [3.63, 3.8) is 0 Å². The van der Waals surface area contributed by atoms with Crippen molar-refractivity contribution in [3.8, 4) is 11.5 Å². The summed E-state index contributed by atoms with van der Waals surface area (Å²) in [6, 6.07) is 9.25. The quantitative estimate of drug-likeness (QED) is 0.759. The summed E-state index contributed by atoms with van der Waals surface area (Å²) in [5.41, 5.74) is 10.4. The van der Waals surface area contributed by atoms with E-state index in [1.807, 2.05) is 19.9 Å². The highest BCUT2D eigenvalue weighted by Crippen LogP contribution is 2.25. The number of methoxy groups -OCH3 is 1. The smallest absolute Gasteiger partial charge is 0.227 e. The van der Waals surface area contributed by atoms with Gasteiger partial charge in [0, 0.05) is 5.69 Å². The Bertz CT molecular complexity index is 748. The van der Waals surface area contributed by atoms with Crippen LogP contribution in [0.5, 0.6) is 11.5 Å². The summed E-state index contributed by atoms with van der Waals surface area (Å²) >= 11 is 0. The molecule has 0 atom stereocenters. The fourth-order valence-electron chi connectivity index (χ4n) is 2.44. The van der Waals surface area contributed by atoms with E-state index >= 15 is 0 Å². The number of nitrogens with two attached hydrogens (primary N) is 1. The Morgan fingerprint density at radius 2 is 1.84 bits per heavy atom. The Hall–Kier alpha value is -2.40. The van der Waals surface area contributed by atoms with Crippen LogP contribution in [0.15, 0.2) is 30.3 Å². The van der Waals surface area contributed by atoms with Gasteiger partial charge in [-0.2, -0.15) is 0 Å². The number of benzene rings is 2. The largest absolute Gasteiger partial charge is 0.495 e. The van der Waals surface area contributed by atoms with Crippen molar-refractivity contribution in [2.75, 3.05) is 24.8 Å². The molecule has 6 heteroatoms. The number of hydrogen-bond donors (Lipinski definition) is 2. The van der Waals surface area contributed by atoms with Crippen molar-refractivity contribution in [1.29, 1.82) is 0 Å². The summed E-state index contributed by atoms with van der Waals surface area (Å²) in [6.07, 6.45) is 0.262. The number of ether oxygens (including phenoxy) is 2. The van der Waals surface area contributed by atoms with Gasteiger partial charge in [0.05, 0.1) is 25.8 Å². The molecule has 0 saturated carbocycles. The average Bonchev–Trinajstić information content (AvgIpc) is 2.52. The number of halogens is 1.